The Kier molecular flexibility index (Phi) is 6.31. The van der Waals surface area contributed by atoms with Crippen molar-refractivity contribution in [1.29, 1.82) is 0 Å². The van der Waals surface area contributed by atoms with Crippen LogP contribution in [0.15, 0.2) is 18.2 Å². The van der Waals surface area contributed by atoms with E-state index in [-0.39, 0.29) is 24.7 Å². The Morgan fingerprint density at radius 2 is 2.00 bits per heavy atom. The van der Waals surface area contributed by atoms with E-state index in [0.29, 0.717) is 17.3 Å². The van der Waals surface area contributed by atoms with Crippen molar-refractivity contribution in [3.8, 4) is 0 Å². The van der Waals surface area contributed by atoms with Gasteiger partial charge in [-0.25, -0.2) is 0 Å². The second kappa shape index (κ2) is 7.75. The average molecular weight is 299 g/mol. The number of amides is 1. The first-order valence-electron chi connectivity index (χ1n) is 6.36. The van der Waals surface area contributed by atoms with Crippen molar-refractivity contribution < 1.29 is 14.3 Å². The molecule has 1 aromatic rings. The first-order chi connectivity index (χ1) is 9.43. The molecule has 0 spiro atoms. The summed E-state index contributed by atoms with van der Waals surface area (Å²) in [7, 11) is 3.78. The fourth-order valence-electron chi connectivity index (χ4n) is 1.62. The van der Waals surface area contributed by atoms with Gasteiger partial charge < -0.3 is 15.0 Å². The molecule has 1 aromatic carbocycles. The Balaban J connectivity index is 2.54. The maximum absolute atomic E-state index is 11.7. The molecule has 0 heterocycles. The summed E-state index contributed by atoms with van der Waals surface area (Å²) in [4.78, 5) is 24.7. The quantitative estimate of drug-likeness (QED) is 0.820. The zero-order valence-corrected chi connectivity index (χ0v) is 12.7. The molecule has 5 nitrogen and oxygen atoms in total. The molecule has 0 aliphatic rings. The molecule has 6 heteroatoms. The van der Waals surface area contributed by atoms with Crippen LogP contribution in [0.25, 0.3) is 0 Å². The highest BCUT2D eigenvalue weighted by molar-refractivity contribution is 6.33. The predicted molar refractivity (Wildman–Crippen MR) is 80.3 cm³/mol. The SMILES string of the molecule is CCOC(=O)CCC(=O)Nc1ccc(N(C)C)c(Cl)c1. The number of benzene rings is 1. The molecule has 1 amide bonds. The minimum atomic E-state index is -0.372. The van der Waals surface area contributed by atoms with Gasteiger partial charge in [0.2, 0.25) is 5.91 Å². The van der Waals surface area contributed by atoms with Gasteiger partial charge in [0.25, 0.3) is 0 Å². The molecule has 0 saturated heterocycles. The van der Waals surface area contributed by atoms with Gasteiger partial charge in [-0.05, 0) is 25.1 Å². The second-order valence-corrected chi connectivity index (χ2v) is 4.82. The first-order valence-corrected chi connectivity index (χ1v) is 6.74. The number of nitrogens with one attached hydrogen (secondary N) is 1. The lowest BCUT2D eigenvalue weighted by Crippen LogP contribution is -2.15. The summed E-state index contributed by atoms with van der Waals surface area (Å²) in [6.07, 6.45) is 0.162. The van der Waals surface area contributed by atoms with Crippen LogP contribution in [0.4, 0.5) is 11.4 Å². The van der Waals surface area contributed by atoms with E-state index in [2.05, 4.69) is 5.32 Å². The summed E-state index contributed by atoms with van der Waals surface area (Å²) >= 11 is 6.11. The van der Waals surface area contributed by atoms with E-state index in [4.69, 9.17) is 16.3 Å². The normalized spacial score (nSPS) is 10.0. The van der Waals surface area contributed by atoms with E-state index in [0.717, 1.165) is 5.69 Å². The van der Waals surface area contributed by atoms with Crippen molar-refractivity contribution in [3.05, 3.63) is 23.2 Å². The molecule has 0 aliphatic carbocycles. The third-order valence-corrected chi connectivity index (χ3v) is 2.88. The molecule has 0 aliphatic heterocycles. The second-order valence-electron chi connectivity index (χ2n) is 4.41. The molecular formula is C14H19ClN2O3. The zero-order valence-electron chi connectivity index (χ0n) is 11.9. The Morgan fingerprint density at radius 3 is 2.55 bits per heavy atom. The number of carbonyl (C=O) groups is 2. The molecule has 110 valence electrons. The smallest absolute Gasteiger partial charge is 0.306 e. The van der Waals surface area contributed by atoms with E-state index in [1.54, 1.807) is 19.1 Å². The maximum atomic E-state index is 11.7. The highest BCUT2D eigenvalue weighted by Crippen LogP contribution is 2.27. The van der Waals surface area contributed by atoms with Crippen LogP contribution >= 0.6 is 11.6 Å². The van der Waals surface area contributed by atoms with Gasteiger partial charge in [-0.2, -0.15) is 0 Å². The minimum absolute atomic E-state index is 0.0726. The van der Waals surface area contributed by atoms with Crippen LogP contribution in [0.2, 0.25) is 5.02 Å². The Hall–Kier alpha value is -1.75. The molecule has 0 unspecified atom stereocenters. The number of halogens is 1. The first kappa shape index (κ1) is 16.3. The molecule has 1 N–H and O–H groups in total. The van der Waals surface area contributed by atoms with E-state index >= 15 is 0 Å². The van der Waals surface area contributed by atoms with Gasteiger partial charge in [0.15, 0.2) is 0 Å². The fraction of sp³-hybridized carbons (Fsp3) is 0.429. The molecule has 1 rings (SSSR count). The number of esters is 1. The molecule has 0 bridgehead atoms. The Bertz CT molecular complexity index is 489. The lowest BCUT2D eigenvalue weighted by Gasteiger charge is -2.15. The summed E-state index contributed by atoms with van der Waals surface area (Å²) in [6, 6.07) is 5.27. The molecule has 0 aromatic heterocycles. The van der Waals surface area contributed by atoms with Crippen molar-refractivity contribution in [1.82, 2.24) is 0 Å². The largest absolute Gasteiger partial charge is 0.466 e. The Morgan fingerprint density at radius 1 is 1.30 bits per heavy atom. The van der Waals surface area contributed by atoms with Crippen LogP contribution in [-0.4, -0.2) is 32.6 Å². The molecule has 0 saturated carbocycles. The Labute approximate surface area is 123 Å². The van der Waals surface area contributed by atoms with Crippen LogP contribution < -0.4 is 10.2 Å². The maximum Gasteiger partial charge on any atom is 0.306 e. The van der Waals surface area contributed by atoms with Gasteiger partial charge in [0.05, 0.1) is 23.7 Å². The number of carbonyl (C=O) groups excluding carboxylic acids is 2. The summed E-state index contributed by atoms with van der Waals surface area (Å²) in [5.74, 6) is -0.615. The standard InChI is InChI=1S/C14H19ClN2O3/c1-4-20-14(19)8-7-13(18)16-10-5-6-12(17(2)3)11(15)9-10/h5-6,9H,4,7-8H2,1-3H3,(H,16,18). The van der Waals surface area contributed by atoms with Crippen molar-refractivity contribution in [2.24, 2.45) is 0 Å². The number of hydrogen-bond donors (Lipinski definition) is 1. The van der Waals surface area contributed by atoms with Crippen LogP contribution in [0.1, 0.15) is 19.8 Å². The third-order valence-electron chi connectivity index (χ3n) is 2.57. The summed E-state index contributed by atoms with van der Waals surface area (Å²) < 4.78 is 4.76. The summed E-state index contributed by atoms with van der Waals surface area (Å²) in [6.45, 7) is 2.05. The molecule has 0 atom stereocenters. The lowest BCUT2D eigenvalue weighted by atomic mass is 10.2. The number of ether oxygens (including phenoxy) is 1. The average Bonchev–Trinajstić information content (AvgIpc) is 2.36. The van der Waals surface area contributed by atoms with Crippen LogP contribution in [0.3, 0.4) is 0 Å². The molecular weight excluding hydrogens is 280 g/mol. The van der Waals surface area contributed by atoms with E-state index in [9.17, 15) is 9.59 Å². The third kappa shape index (κ3) is 5.09. The lowest BCUT2D eigenvalue weighted by molar-refractivity contribution is -0.144. The van der Waals surface area contributed by atoms with Crippen molar-refractivity contribution in [2.45, 2.75) is 19.8 Å². The number of nitrogens with zero attached hydrogens (tertiary/aromatic N) is 1. The van der Waals surface area contributed by atoms with E-state index < -0.39 is 0 Å². The van der Waals surface area contributed by atoms with Crippen molar-refractivity contribution in [2.75, 3.05) is 30.9 Å². The fourth-order valence-corrected chi connectivity index (χ4v) is 1.97. The summed E-state index contributed by atoms with van der Waals surface area (Å²) in [5, 5.41) is 3.25. The van der Waals surface area contributed by atoms with Gasteiger partial charge >= 0.3 is 5.97 Å². The van der Waals surface area contributed by atoms with Crippen molar-refractivity contribution in [3.63, 3.8) is 0 Å². The van der Waals surface area contributed by atoms with Gasteiger partial charge in [-0.1, -0.05) is 11.6 Å². The van der Waals surface area contributed by atoms with Gasteiger partial charge in [-0.15, -0.1) is 0 Å². The topological polar surface area (TPSA) is 58.6 Å². The van der Waals surface area contributed by atoms with Crippen LogP contribution in [0.5, 0.6) is 0 Å². The van der Waals surface area contributed by atoms with Crippen LogP contribution in [0, 0.1) is 0 Å². The van der Waals surface area contributed by atoms with Gasteiger partial charge in [0, 0.05) is 26.2 Å². The van der Waals surface area contributed by atoms with E-state index in [1.807, 2.05) is 25.1 Å². The highest BCUT2D eigenvalue weighted by Gasteiger charge is 2.09. The number of hydrogen-bond acceptors (Lipinski definition) is 4. The van der Waals surface area contributed by atoms with Gasteiger partial charge in [-0.3, -0.25) is 9.59 Å². The van der Waals surface area contributed by atoms with E-state index in [1.165, 1.54) is 0 Å². The zero-order chi connectivity index (χ0) is 15.1. The van der Waals surface area contributed by atoms with Crippen molar-refractivity contribution >= 4 is 34.9 Å². The number of anilines is 2. The highest BCUT2D eigenvalue weighted by atomic mass is 35.5. The molecule has 0 radical (unpaired) electrons. The molecule has 20 heavy (non-hydrogen) atoms. The predicted octanol–water partition coefficient (Wildman–Crippen LogP) is 2.69. The monoisotopic (exact) mass is 298 g/mol. The minimum Gasteiger partial charge on any atom is -0.466 e. The molecule has 0 fully saturated rings. The number of rotatable bonds is 6. The van der Waals surface area contributed by atoms with Crippen LogP contribution in [-0.2, 0) is 14.3 Å². The summed E-state index contributed by atoms with van der Waals surface area (Å²) in [5.41, 5.74) is 1.48. The van der Waals surface area contributed by atoms with Gasteiger partial charge in [0.1, 0.15) is 0 Å².